The van der Waals surface area contributed by atoms with Gasteiger partial charge in [-0.3, -0.25) is 9.59 Å². The molecule has 2 amide bonds. The number of halogens is 3. The first-order valence-corrected chi connectivity index (χ1v) is 8.23. The number of carbonyl (C=O) groups excluding carboxylic acids is 2. The van der Waals surface area contributed by atoms with Crippen LogP contribution in [0.2, 0.25) is 0 Å². The number of hydrogen-bond acceptors (Lipinski definition) is 5. The van der Waals surface area contributed by atoms with Gasteiger partial charge in [-0.05, 0) is 36.4 Å². The van der Waals surface area contributed by atoms with Crippen LogP contribution < -0.4 is 10.6 Å². The van der Waals surface area contributed by atoms with Crippen molar-refractivity contribution in [2.24, 2.45) is 0 Å². The Morgan fingerprint density at radius 2 is 1.59 bits per heavy atom. The summed E-state index contributed by atoms with van der Waals surface area (Å²) in [6.07, 6.45) is -3.19. The molecule has 0 saturated heterocycles. The topological polar surface area (TPSA) is 84.0 Å². The molecule has 138 valence electrons. The van der Waals surface area contributed by atoms with Gasteiger partial charge in [0.1, 0.15) is 0 Å². The molecule has 0 saturated carbocycles. The van der Waals surface area contributed by atoms with Gasteiger partial charge >= 0.3 is 6.18 Å². The molecule has 10 heteroatoms. The van der Waals surface area contributed by atoms with E-state index in [1.54, 1.807) is 6.07 Å². The number of amides is 2. The molecule has 0 bridgehead atoms. The van der Waals surface area contributed by atoms with Gasteiger partial charge in [-0.25, -0.2) is 0 Å². The Morgan fingerprint density at radius 3 is 2.26 bits per heavy atom. The summed E-state index contributed by atoms with van der Waals surface area (Å²) in [6.45, 7) is 0. The van der Waals surface area contributed by atoms with Gasteiger partial charge in [-0.1, -0.05) is 12.1 Å². The summed E-state index contributed by atoms with van der Waals surface area (Å²) in [5.74, 6) is -1.10. The zero-order valence-corrected chi connectivity index (χ0v) is 14.3. The zero-order chi connectivity index (χ0) is 19.4. The van der Waals surface area contributed by atoms with Crippen molar-refractivity contribution in [1.29, 1.82) is 0 Å². The van der Waals surface area contributed by atoms with E-state index in [2.05, 4.69) is 19.4 Å². The summed E-state index contributed by atoms with van der Waals surface area (Å²) in [5, 5.41) is 4.98. The lowest BCUT2D eigenvalue weighted by molar-refractivity contribution is -0.137. The average Bonchev–Trinajstić information content (AvgIpc) is 3.16. The van der Waals surface area contributed by atoms with Gasteiger partial charge < -0.3 is 10.6 Å². The first-order valence-electron chi connectivity index (χ1n) is 7.50. The van der Waals surface area contributed by atoms with Gasteiger partial charge in [0.15, 0.2) is 5.69 Å². The number of alkyl halides is 3. The van der Waals surface area contributed by atoms with Crippen LogP contribution >= 0.6 is 11.7 Å². The molecule has 0 fully saturated rings. The number of benzene rings is 2. The van der Waals surface area contributed by atoms with E-state index in [9.17, 15) is 22.8 Å². The van der Waals surface area contributed by atoms with Crippen molar-refractivity contribution in [3.63, 3.8) is 0 Å². The predicted molar refractivity (Wildman–Crippen MR) is 93.7 cm³/mol. The quantitative estimate of drug-likeness (QED) is 0.701. The molecule has 0 atom stereocenters. The molecular formula is C17H11F3N4O2S. The van der Waals surface area contributed by atoms with Crippen LogP contribution in [0.1, 0.15) is 26.4 Å². The van der Waals surface area contributed by atoms with Crippen molar-refractivity contribution in [2.75, 3.05) is 10.6 Å². The van der Waals surface area contributed by atoms with Crippen LogP contribution in [0, 0.1) is 0 Å². The summed E-state index contributed by atoms with van der Waals surface area (Å²) >= 11 is 0.886. The standard InChI is InChI=1S/C17H11F3N4O2S/c18-17(19,20)11-4-2-6-13(8-11)22-15(25)10-3-1-5-12(7-10)23-16(26)14-9-21-27-24-14/h1-9H,(H,22,25)(H,23,26). The second-order valence-electron chi connectivity index (χ2n) is 5.36. The van der Waals surface area contributed by atoms with Crippen LogP contribution in [0.25, 0.3) is 0 Å². The molecule has 0 aliphatic carbocycles. The predicted octanol–water partition coefficient (Wildman–Crippen LogP) is 4.06. The molecule has 1 aromatic heterocycles. The number of carbonyl (C=O) groups is 2. The fourth-order valence-electron chi connectivity index (χ4n) is 2.17. The minimum atomic E-state index is -4.50. The number of rotatable bonds is 4. The number of nitrogens with one attached hydrogen (secondary N) is 2. The summed E-state index contributed by atoms with van der Waals surface area (Å²) < 4.78 is 45.8. The summed E-state index contributed by atoms with van der Waals surface area (Å²) in [5.41, 5.74) is -0.207. The van der Waals surface area contributed by atoms with Gasteiger partial charge in [0.2, 0.25) is 0 Å². The van der Waals surface area contributed by atoms with Gasteiger partial charge in [-0.2, -0.15) is 21.9 Å². The molecule has 2 aromatic carbocycles. The van der Waals surface area contributed by atoms with Crippen LogP contribution in [0.4, 0.5) is 24.5 Å². The number of nitrogens with zero attached hydrogens (tertiary/aromatic N) is 2. The van der Waals surface area contributed by atoms with Crippen molar-refractivity contribution < 1.29 is 22.8 Å². The van der Waals surface area contributed by atoms with Gasteiger partial charge in [-0.15, -0.1) is 0 Å². The highest BCUT2D eigenvalue weighted by Crippen LogP contribution is 2.30. The van der Waals surface area contributed by atoms with E-state index in [1.165, 1.54) is 36.5 Å². The normalized spacial score (nSPS) is 11.1. The number of aromatic nitrogens is 2. The summed E-state index contributed by atoms with van der Waals surface area (Å²) in [4.78, 5) is 24.3. The largest absolute Gasteiger partial charge is 0.416 e. The molecule has 6 nitrogen and oxygen atoms in total. The maximum absolute atomic E-state index is 12.8. The van der Waals surface area contributed by atoms with Gasteiger partial charge in [0, 0.05) is 16.9 Å². The average molecular weight is 392 g/mol. The highest BCUT2D eigenvalue weighted by Gasteiger charge is 2.30. The smallest absolute Gasteiger partial charge is 0.322 e. The molecule has 27 heavy (non-hydrogen) atoms. The third-order valence-electron chi connectivity index (χ3n) is 3.42. The SMILES string of the molecule is O=C(Nc1cccc(C(F)(F)F)c1)c1cccc(NC(=O)c2cnsn2)c1. The van der Waals surface area contributed by atoms with Crippen LogP contribution in [-0.2, 0) is 6.18 Å². The zero-order valence-electron chi connectivity index (χ0n) is 13.4. The van der Waals surface area contributed by atoms with E-state index in [-0.39, 0.29) is 16.9 Å². The van der Waals surface area contributed by atoms with Crippen LogP contribution in [0.3, 0.4) is 0 Å². The first kappa shape index (κ1) is 18.5. The van der Waals surface area contributed by atoms with Crippen molar-refractivity contribution >= 4 is 34.9 Å². The lowest BCUT2D eigenvalue weighted by Gasteiger charge is -2.10. The Kier molecular flexibility index (Phi) is 5.17. The van der Waals surface area contributed by atoms with E-state index in [0.717, 1.165) is 23.9 Å². The van der Waals surface area contributed by atoms with E-state index in [1.807, 2.05) is 0 Å². The fraction of sp³-hybridized carbons (Fsp3) is 0.0588. The highest BCUT2D eigenvalue weighted by atomic mass is 32.1. The van der Waals surface area contributed by atoms with Crippen molar-refractivity contribution in [3.05, 3.63) is 71.5 Å². The maximum atomic E-state index is 12.8. The first-order chi connectivity index (χ1) is 12.8. The fourth-order valence-corrected chi connectivity index (χ4v) is 2.59. The number of hydrogen-bond donors (Lipinski definition) is 2. The van der Waals surface area contributed by atoms with E-state index >= 15 is 0 Å². The molecule has 0 spiro atoms. The van der Waals surface area contributed by atoms with Crippen molar-refractivity contribution in [2.45, 2.75) is 6.18 Å². The third-order valence-corrected chi connectivity index (χ3v) is 3.90. The Hall–Kier alpha value is -3.27. The number of anilines is 2. The minimum absolute atomic E-state index is 0.0119. The molecule has 0 aliphatic heterocycles. The summed E-state index contributed by atoms with van der Waals surface area (Å²) in [6, 6.07) is 10.3. The monoisotopic (exact) mass is 392 g/mol. The van der Waals surface area contributed by atoms with Gasteiger partial charge in [0.25, 0.3) is 11.8 Å². The highest BCUT2D eigenvalue weighted by molar-refractivity contribution is 6.99. The molecule has 3 rings (SSSR count). The Morgan fingerprint density at radius 1 is 0.926 bits per heavy atom. The molecule has 0 aliphatic rings. The molecule has 0 radical (unpaired) electrons. The van der Waals surface area contributed by atoms with E-state index < -0.39 is 23.6 Å². The summed E-state index contributed by atoms with van der Waals surface area (Å²) in [7, 11) is 0. The second-order valence-corrected chi connectivity index (χ2v) is 5.92. The second kappa shape index (κ2) is 7.54. The Balaban J connectivity index is 1.73. The van der Waals surface area contributed by atoms with Crippen LogP contribution in [-0.4, -0.2) is 20.6 Å². The van der Waals surface area contributed by atoms with E-state index in [4.69, 9.17) is 0 Å². The third kappa shape index (κ3) is 4.67. The van der Waals surface area contributed by atoms with Crippen molar-refractivity contribution in [1.82, 2.24) is 8.75 Å². The molecule has 3 aromatic rings. The minimum Gasteiger partial charge on any atom is -0.322 e. The molecule has 2 N–H and O–H groups in total. The van der Waals surface area contributed by atoms with Crippen LogP contribution in [0.15, 0.2) is 54.7 Å². The van der Waals surface area contributed by atoms with Crippen LogP contribution in [0.5, 0.6) is 0 Å². The Bertz CT molecular complexity index is 974. The Labute approximate surface area is 155 Å². The van der Waals surface area contributed by atoms with Crippen molar-refractivity contribution in [3.8, 4) is 0 Å². The molecular weight excluding hydrogens is 381 g/mol. The molecule has 1 heterocycles. The molecule has 0 unspecified atom stereocenters. The van der Waals surface area contributed by atoms with E-state index in [0.29, 0.717) is 5.69 Å². The van der Waals surface area contributed by atoms with Gasteiger partial charge in [0.05, 0.1) is 23.5 Å². The maximum Gasteiger partial charge on any atom is 0.416 e. The lowest BCUT2D eigenvalue weighted by atomic mass is 10.1. The lowest BCUT2D eigenvalue weighted by Crippen LogP contribution is -2.15.